The molecule has 0 unspecified atom stereocenters. The van der Waals surface area contributed by atoms with Gasteiger partial charge in [0.1, 0.15) is 11.4 Å². The molecule has 0 amide bonds. The van der Waals surface area contributed by atoms with Gasteiger partial charge in [-0.3, -0.25) is 4.68 Å². The summed E-state index contributed by atoms with van der Waals surface area (Å²) in [5, 5.41) is 17.4. The minimum Gasteiger partial charge on any atom is -0.508 e. The molecule has 6 heteroatoms. The molecule has 0 radical (unpaired) electrons. The van der Waals surface area contributed by atoms with E-state index in [0.29, 0.717) is 11.7 Å². The van der Waals surface area contributed by atoms with Gasteiger partial charge >= 0.3 is 0 Å². The standard InChI is InChI=1S/C13H12N4O2/c1-8-7-11(17(2)15-8)13-14-12(16-19-13)9-3-5-10(18)6-4-9/h3-7,18H,1-2H3. The van der Waals surface area contributed by atoms with Crippen LogP contribution in [0.15, 0.2) is 34.9 Å². The van der Waals surface area contributed by atoms with E-state index in [1.54, 1.807) is 28.9 Å². The second-order valence-electron chi connectivity index (χ2n) is 4.26. The molecule has 0 aliphatic rings. The molecular weight excluding hydrogens is 244 g/mol. The Morgan fingerprint density at radius 3 is 2.58 bits per heavy atom. The summed E-state index contributed by atoms with van der Waals surface area (Å²) in [7, 11) is 1.83. The summed E-state index contributed by atoms with van der Waals surface area (Å²) in [6.07, 6.45) is 0. The van der Waals surface area contributed by atoms with Crippen LogP contribution in [0.1, 0.15) is 5.69 Å². The summed E-state index contributed by atoms with van der Waals surface area (Å²) in [4.78, 5) is 4.33. The van der Waals surface area contributed by atoms with E-state index in [1.807, 2.05) is 20.0 Å². The fourth-order valence-electron chi connectivity index (χ4n) is 1.87. The second-order valence-corrected chi connectivity index (χ2v) is 4.26. The average molecular weight is 256 g/mol. The molecule has 3 rings (SSSR count). The molecule has 2 heterocycles. The molecule has 96 valence electrons. The van der Waals surface area contributed by atoms with Gasteiger partial charge in [0.2, 0.25) is 5.82 Å². The van der Waals surface area contributed by atoms with Crippen LogP contribution in [0.3, 0.4) is 0 Å². The van der Waals surface area contributed by atoms with Crippen LogP contribution in [0.2, 0.25) is 0 Å². The summed E-state index contributed by atoms with van der Waals surface area (Å²) in [6.45, 7) is 1.90. The van der Waals surface area contributed by atoms with Crippen molar-refractivity contribution in [1.29, 1.82) is 0 Å². The highest BCUT2D eigenvalue weighted by atomic mass is 16.5. The molecule has 0 aliphatic heterocycles. The van der Waals surface area contributed by atoms with E-state index in [1.165, 1.54) is 0 Å². The van der Waals surface area contributed by atoms with Crippen LogP contribution in [0, 0.1) is 6.92 Å². The SMILES string of the molecule is Cc1cc(-c2nc(-c3ccc(O)cc3)no2)n(C)n1. The number of benzene rings is 1. The van der Waals surface area contributed by atoms with Crippen molar-refractivity contribution < 1.29 is 9.63 Å². The highest BCUT2D eigenvalue weighted by Crippen LogP contribution is 2.23. The van der Waals surface area contributed by atoms with Gasteiger partial charge in [-0.15, -0.1) is 0 Å². The van der Waals surface area contributed by atoms with Gasteiger partial charge in [-0.1, -0.05) is 5.16 Å². The van der Waals surface area contributed by atoms with Gasteiger partial charge in [0.05, 0.1) is 5.69 Å². The van der Waals surface area contributed by atoms with Crippen molar-refractivity contribution in [3.05, 3.63) is 36.0 Å². The maximum absolute atomic E-state index is 9.25. The van der Waals surface area contributed by atoms with E-state index < -0.39 is 0 Å². The molecule has 0 spiro atoms. The topological polar surface area (TPSA) is 77.0 Å². The van der Waals surface area contributed by atoms with Gasteiger partial charge in [0.25, 0.3) is 5.89 Å². The molecule has 3 aromatic rings. The summed E-state index contributed by atoms with van der Waals surface area (Å²) >= 11 is 0. The lowest BCUT2D eigenvalue weighted by Gasteiger charge is -1.94. The summed E-state index contributed by atoms with van der Waals surface area (Å²) in [5.74, 6) is 1.11. The number of aromatic hydroxyl groups is 1. The number of phenolic OH excluding ortho intramolecular Hbond substituents is 1. The monoisotopic (exact) mass is 256 g/mol. The lowest BCUT2D eigenvalue weighted by molar-refractivity contribution is 0.428. The van der Waals surface area contributed by atoms with Crippen molar-refractivity contribution in [1.82, 2.24) is 19.9 Å². The van der Waals surface area contributed by atoms with Gasteiger partial charge in [-0.25, -0.2) is 0 Å². The number of aryl methyl sites for hydroxylation is 2. The van der Waals surface area contributed by atoms with Crippen LogP contribution in [-0.2, 0) is 7.05 Å². The maximum Gasteiger partial charge on any atom is 0.276 e. The third-order valence-corrected chi connectivity index (χ3v) is 2.77. The largest absolute Gasteiger partial charge is 0.508 e. The van der Waals surface area contributed by atoms with Gasteiger partial charge in [0.15, 0.2) is 0 Å². The Hall–Kier alpha value is -2.63. The number of nitrogens with zero attached hydrogens (tertiary/aromatic N) is 4. The Kier molecular flexibility index (Phi) is 2.56. The zero-order chi connectivity index (χ0) is 13.4. The maximum atomic E-state index is 9.25. The number of hydrogen-bond acceptors (Lipinski definition) is 5. The van der Waals surface area contributed by atoms with Crippen molar-refractivity contribution in [2.75, 3.05) is 0 Å². The summed E-state index contributed by atoms with van der Waals surface area (Å²) in [6, 6.07) is 8.52. The zero-order valence-electron chi connectivity index (χ0n) is 10.5. The fourth-order valence-corrected chi connectivity index (χ4v) is 1.87. The third-order valence-electron chi connectivity index (χ3n) is 2.77. The minimum absolute atomic E-state index is 0.203. The first kappa shape index (κ1) is 11.5. The van der Waals surface area contributed by atoms with E-state index in [2.05, 4.69) is 15.2 Å². The van der Waals surface area contributed by atoms with Crippen molar-refractivity contribution in [2.45, 2.75) is 6.92 Å². The average Bonchev–Trinajstić information content (AvgIpc) is 2.97. The lowest BCUT2D eigenvalue weighted by atomic mass is 10.2. The fraction of sp³-hybridized carbons (Fsp3) is 0.154. The second kappa shape index (κ2) is 4.24. The van der Waals surface area contributed by atoms with E-state index in [0.717, 1.165) is 17.0 Å². The molecule has 1 N–H and O–H groups in total. The molecule has 0 saturated heterocycles. The van der Waals surface area contributed by atoms with Gasteiger partial charge in [0, 0.05) is 12.6 Å². The number of aromatic nitrogens is 4. The minimum atomic E-state index is 0.203. The normalized spacial score (nSPS) is 10.8. The van der Waals surface area contributed by atoms with Gasteiger partial charge < -0.3 is 9.63 Å². The van der Waals surface area contributed by atoms with Crippen LogP contribution in [0.5, 0.6) is 5.75 Å². The van der Waals surface area contributed by atoms with Crippen molar-refractivity contribution in [2.24, 2.45) is 7.05 Å². The predicted molar refractivity (Wildman–Crippen MR) is 68.3 cm³/mol. The van der Waals surface area contributed by atoms with Crippen molar-refractivity contribution in [3.63, 3.8) is 0 Å². The third kappa shape index (κ3) is 2.08. The molecule has 0 atom stereocenters. The Balaban J connectivity index is 1.99. The first-order valence-corrected chi connectivity index (χ1v) is 5.77. The van der Waals surface area contributed by atoms with Crippen LogP contribution in [0.25, 0.3) is 23.0 Å². The quantitative estimate of drug-likeness (QED) is 0.760. The first-order valence-electron chi connectivity index (χ1n) is 5.77. The zero-order valence-corrected chi connectivity index (χ0v) is 10.5. The summed E-state index contributed by atoms with van der Waals surface area (Å²) in [5.41, 5.74) is 2.45. The Bertz CT molecular complexity index is 713. The first-order chi connectivity index (χ1) is 9.13. The number of phenols is 1. The Morgan fingerprint density at radius 1 is 1.21 bits per heavy atom. The molecule has 0 saturated carbocycles. The predicted octanol–water partition coefficient (Wildman–Crippen LogP) is 2.15. The van der Waals surface area contributed by atoms with Crippen LogP contribution in [0.4, 0.5) is 0 Å². The molecule has 6 nitrogen and oxygen atoms in total. The van der Waals surface area contributed by atoms with Crippen molar-refractivity contribution >= 4 is 0 Å². The number of rotatable bonds is 2. The van der Waals surface area contributed by atoms with E-state index >= 15 is 0 Å². The molecule has 2 aromatic heterocycles. The Labute approximate surface area is 109 Å². The molecule has 0 bridgehead atoms. The molecular formula is C13H12N4O2. The van der Waals surface area contributed by atoms with E-state index in [4.69, 9.17) is 4.52 Å². The Morgan fingerprint density at radius 2 is 1.95 bits per heavy atom. The highest BCUT2D eigenvalue weighted by Gasteiger charge is 2.14. The van der Waals surface area contributed by atoms with Crippen LogP contribution >= 0.6 is 0 Å². The van der Waals surface area contributed by atoms with Gasteiger partial charge in [-0.05, 0) is 37.3 Å². The van der Waals surface area contributed by atoms with Gasteiger partial charge in [-0.2, -0.15) is 10.1 Å². The van der Waals surface area contributed by atoms with Crippen molar-refractivity contribution in [3.8, 4) is 28.7 Å². The molecule has 19 heavy (non-hydrogen) atoms. The van der Waals surface area contributed by atoms with E-state index in [9.17, 15) is 5.11 Å². The smallest absolute Gasteiger partial charge is 0.276 e. The number of hydrogen-bond donors (Lipinski definition) is 1. The summed E-state index contributed by atoms with van der Waals surface area (Å²) < 4.78 is 6.94. The molecule has 0 aliphatic carbocycles. The highest BCUT2D eigenvalue weighted by molar-refractivity contribution is 5.58. The molecule has 0 fully saturated rings. The molecule has 1 aromatic carbocycles. The van der Waals surface area contributed by atoms with Crippen LogP contribution in [-0.4, -0.2) is 25.0 Å². The lowest BCUT2D eigenvalue weighted by Crippen LogP contribution is -1.93. The van der Waals surface area contributed by atoms with E-state index in [-0.39, 0.29) is 5.75 Å². The van der Waals surface area contributed by atoms with Crippen LogP contribution < -0.4 is 0 Å².